The molecule has 0 bridgehead atoms. The first-order valence-electron chi connectivity index (χ1n) is 7.49. The number of carbonyl (C=O) groups excluding carboxylic acids is 1. The minimum Gasteiger partial charge on any atom is -0.484 e. The zero-order chi connectivity index (χ0) is 17.6. The molecule has 5 nitrogen and oxygen atoms in total. The lowest BCUT2D eigenvalue weighted by Crippen LogP contribution is -2.54. The average Bonchev–Trinajstić information content (AvgIpc) is 2.53. The molecule has 1 N–H and O–H groups in total. The highest BCUT2D eigenvalue weighted by atomic mass is 19.4. The predicted octanol–water partition coefficient (Wildman–Crippen LogP) is 2.34. The molecule has 1 atom stereocenters. The first-order chi connectivity index (χ1) is 11.4. The van der Waals surface area contributed by atoms with E-state index in [0.29, 0.717) is 31.8 Å². The van der Waals surface area contributed by atoms with Gasteiger partial charge in [-0.2, -0.15) is 0 Å². The number of piperazine rings is 1. The first kappa shape index (κ1) is 18.1. The predicted molar refractivity (Wildman–Crippen MR) is 81.8 cm³/mol. The lowest BCUT2D eigenvalue weighted by atomic mass is 10.1. The SMILES string of the molecule is C=CCC1CNCCN1C(=O)COc1ccc(OC(F)(F)F)cc1. The standard InChI is InChI=1S/C16H19F3N2O3/c1-2-3-12-10-20-8-9-21(12)15(22)11-23-13-4-6-14(7-5-13)24-16(17,18)19/h2,4-7,12,20H,1,3,8-11H2. The molecule has 1 unspecified atom stereocenters. The van der Waals surface area contributed by atoms with Gasteiger partial charge in [-0.15, -0.1) is 19.8 Å². The Morgan fingerprint density at radius 1 is 1.33 bits per heavy atom. The fourth-order valence-electron chi connectivity index (χ4n) is 2.46. The lowest BCUT2D eigenvalue weighted by Gasteiger charge is -2.35. The summed E-state index contributed by atoms with van der Waals surface area (Å²) in [6.45, 7) is 5.50. The van der Waals surface area contributed by atoms with E-state index in [1.807, 2.05) is 0 Å². The number of rotatable bonds is 6. The maximum Gasteiger partial charge on any atom is 0.573 e. The fourth-order valence-corrected chi connectivity index (χ4v) is 2.46. The molecule has 24 heavy (non-hydrogen) atoms. The van der Waals surface area contributed by atoms with E-state index >= 15 is 0 Å². The zero-order valence-corrected chi connectivity index (χ0v) is 13.0. The summed E-state index contributed by atoms with van der Waals surface area (Å²) in [5.74, 6) is -0.207. The van der Waals surface area contributed by atoms with Crippen LogP contribution < -0.4 is 14.8 Å². The highest BCUT2D eigenvalue weighted by Crippen LogP contribution is 2.24. The van der Waals surface area contributed by atoms with Gasteiger partial charge in [-0.05, 0) is 30.7 Å². The van der Waals surface area contributed by atoms with E-state index in [4.69, 9.17) is 4.74 Å². The largest absolute Gasteiger partial charge is 0.573 e. The Morgan fingerprint density at radius 2 is 2.00 bits per heavy atom. The molecule has 8 heteroatoms. The van der Waals surface area contributed by atoms with E-state index < -0.39 is 6.36 Å². The van der Waals surface area contributed by atoms with Crippen LogP contribution in [0, 0.1) is 0 Å². The van der Waals surface area contributed by atoms with Gasteiger partial charge < -0.3 is 19.7 Å². The van der Waals surface area contributed by atoms with Crippen LogP contribution in [0.5, 0.6) is 11.5 Å². The molecule has 0 spiro atoms. The van der Waals surface area contributed by atoms with Crippen LogP contribution >= 0.6 is 0 Å². The van der Waals surface area contributed by atoms with Gasteiger partial charge in [-0.1, -0.05) is 6.08 Å². The normalized spacial score (nSPS) is 18.1. The molecular formula is C16H19F3N2O3. The molecular weight excluding hydrogens is 325 g/mol. The molecule has 1 aromatic rings. The number of nitrogens with zero attached hydrogens (tertiary/aromatic N) is 1. The number of benzene rings is 1. The Balaban J connectivity index is 1.87. The molecule has 2 rings (SSSR count). The van der Waals surface area contributed by atoms with E-state index in [1.165, 1.54) is 12.1 Å². The van der Waals surface area contributed by atoms with Crippen LogP contribution in [0.1, 0.15) is 6.42 Å². The number of amides is 1. The minimum atomic E-state index is -4.74. The smallest absolute Gasteiger partial charge is 0.484 e. The second kappa shape index (κ2) is 8.05. The van der Waals surface area contributed by atoms with Gasteiger partial charge in [0.25, 0.3) is 5.91 Å². The third-order valence-corrected chi connectivity index (χ3v) is 3.53. The van der Waals surface area contributed by atoms with Crippen molar-refractivity contribution in [2.24, 2.45) is 0 Å². The summed E-state index contributed by atoms with van der Waals surface area (Å²) >= 11 is 0. The number of ether oxygens (including phenoxy) is 2. The molecule has 0 radical (unpaired) electrons. The summed E-state index contributed by atoms with van der Waals surface area (Å²) in [5.41, 5.74) is 0. The van der Waals surface area contributed by atoms with Gasteiger partial charge >= 0.3 is 6.36 Å². The summed E-state index contributed by atoms with van der Waals surface area (Å²) in [5, 5.41) is 3.21. The van der Waals surface area contributed by atoms with Crippen molar-refractivity contribution < 1.29 is 27.4 Å². The van der Waals surface area contributed by atoms with Crippen molar-refractivity contribution in [1.29, 1.82) is 0 Å². The number of alkyl halides is 3. The molecule has 1 aliphatic rings. The number of hydrogen-bond acceptors (Lipinski definition) is 4. The second-order valence-corrected chi connectivity index (χ2v) is 5.28. The lowest BCUT2D eigenvalue weighted by molar-refractivity contribution is -0.274. The van der Waals surface area contributed by atoms with Crippen LogP contribution in [-0.4, -0.2) is 49.5 Å². The van der Waals surface area contributed by atoms with Crippen molar-refractivity contribution in [3.8, 4) is 11.5 Å². The van der Waals surface area contributed by atoms with E-state index in [9.17, 15) is 18.0 Å². The second-order valence-electron chi connectivity index (χ2n) is 5.28. The van der Waals surface area contributed by atoms with Gasteiger partial charge in [0.2, 0.25) is 0 Å². The Labute approximate surface area is 138 Å². The van der Waals surface area contributed by atoms with Crippen LogP contribution in [0.4, 0.5) is 13.2 Å². The monoisotopic (exact) mass is 344 g/mol. The van der Waals surface area contributed by atoms with Crippen molar-refractivity contribution in [2.75, 3.05) is 26.2 Å². The third-order valence-electron chi connectivity index (χ3n) is 3.53. The van der Waals surface area contributed by atoms with E-state index in [1.54, 1.807) is 11.0 Å². The third kappa shape index (κ3) is 5.45. The van der Waals surface area contributed by atoms with E-state index in [-0.39, 0.29) is 24.3 Å². The van der Waals surface area contributed by atoms with Crippen molar-refractivity contribution >= 4 is 5.91 Å². The Bertz CT molecular complexity index is 561. The molecule has 1 heterocycles. The number of nitrogens with one attached hydrogen (secondary N) is 1. The first-order valence-corrected chi connectivity index (χ1v) is 7.49. The van der Waals surface area contributed by atoms with Crippen molar-refractivity contribution in [3.63, 3.8) is 0 Å². The average molecular weight is 344 g/mol. The quantitative estimate of drug-likeness (QED) is 0.805. The van der Waals surface area contributed by atoms with Crippen LogP contribution in [0.25, 0.3) is 0 Å². The summed E-state index contributed by atoms with van der Waals surface area (Å²) in [6, 6.07) is 4.97. The topological polar surface area (TPSA) is 50.8 Å². The summed E-state index contributed by atoms with van der Waals surface area (Å²) in [4.78, 5) is 14.0. The van der Waals surface area contributed by atoms with Crippen LogP contribution in [0.2, 0.25) is 0 Å². The molecule has 0 saturated carbocycles. The molecule has 0 aliphatic carbocycles. The van der Waals surface area contributed by atoms with Gasteiger partial charge in [-0.3, -0.25) is 4.79 Å². The maximum absolute atomic E-state index is 12.3. The summed E-state index contributed by atoms with van der Waals surface area (Å²) in [6.07, 6.45) is -2.29. The van der Waals surface area contributed by atoms with Crippen molar-refractivity contribution in [2.45, 2.75) is 18.8 Å². The molecule has 132 valence electrons. The van der Waals surface area contributed by atoms with Gasteiger partial charge in [-0.25, -0.2) is 0 Å². The van der Waals surface area contributed by atoms with Crippen molar-refractivity contribution in [3.05, 3.63) is 36.9 Å². The van der Waals surface area contributed by atoms with Gasteiger partial charge in [0.1, 0.15) is 11.5 Å². The molecule has 1 aromatic carbocycles. The molecule has 1 amide bonds. The van der Waals surface area contributed by atoms with Gasteiger partial charge in [0.05, 0.1) is 0 Å². The molecule has 0 aromatic heterocycles. The Hall–Kier alpha value is -2.22. The van der Waals surface area contributed by atoms with Crippen molar-refractivity contribution in [1.82, 2.24) is 10.2 Å². The zero-order valence-electron chi connectivity index (χ0n) is 13.0. The fraction of sp³-hybridized carbons (Fsp3) is 0.438. The number of hydrogen-bond donors (Lipinski definition) is 1. The number of halogens is 3. The van der Waals surface area contributed by atoms with E-state index in [0.717, 1.165) is 12.1 Å². The number of carbonyl (C=O) groups is 1. The Morgan fingerprint density at radius 3 is 2.62 bits per heavy atom. The minimum absolute atomic E-state index is 0.0370. The summed E-state index contributed by atoms with van der Waals surface area (Å²) < 4.78 is 45.4. The van der Waals surface area contributed by atoms with Gasteiger partial charge in [0.15, 0.2) is 6.61 Å². The van der Waals surface area contributed by atoms with Crippen LogP contribution in [0.15, 0.2) is 36.9 Å². The van der Waals surface area contributed by atoms with Gasteiger partial charge in [0, 0.05) is 25.7 Å². The molecule has 1 fully saturated rings. The highest BCUT2D eigenvalue weighted by Gasteiger charge is 2.31. The highest BCUT2D eigenvalue weighted by molar-refractivity contribution is 5.78. The summed E-state index contributed by atoms with van der Waals surface area (Å²) in [7, 11) is 0. The van der Waals surface area contributed by atoms with E-state index in [2.05, 4.69) is 16.6 Å². The maximum atomic E-state index is 12.3. The molecule has 1 saturated heterocycles. The Kier molecular flexibility index (Phi) is 6.08. The molecule has 1 aliphatic heterocycles. The van der Waals surface area contributed by atoms with Crippen LogP contribution in [0.3, 0.4) is 0 Å². The van der Waals surface area contributed by atoms with Crippen LogP contribution in [-0.2, 0) is 4.79 Å².